The molecular formula is C6H7FN2O. The van der Waals surface area contributed by atoms with Crippen molar-refractivity contribution >= 4 is 5.91 Å². The molecule has 0 radical (unpaired) electrons. The fourth-order valence-electron chi connectivity index (χ4n) is 0.634. The van der Waals surface area contributed by atoms with Crippen molar-refractivity contribution in [2.45, 2.75) is 0 Å². The van der Waals surface area contributed by atoms with E-state index >= 15 is 0 Å². The standard InChI is InChI=1S/C6H7FN2O/c1-8-6(10)5-2-4(7)3-9-5/h2-3,9H,1H3,(H,8,10). The van der Waals surface area contributed by atoms with E-state index in [4.69, 9.17) is 0 Å². The third-order valence-corrected chi connectivity index (χ3v) is 1.12. The van der Waals surface area contributed by atoms with Gasteiger partial charge in [-0.25, -0.2) is 4.39 Å². The topological polar surface area (TPSA) is 44.9 Å². The molecule has 4 heteroatoms. The smallest absolute Gasteiger partial charge is 0.267 e. The highest BCUT2D eigenvalue weighted by Gasteiger charge is 2.04. The number of amides is 1. The molecule has 0 aliphatic heterocycles. The molecule has 1 heterocycles. The van der Waals surface area contributed by atoms with Gasteiger partial charge in [-0.2, -0.15) is 0 Å². The Balaban J connectivity index is 2.85. The Morgan fingerprint density at radius 3 is 2.90 bits per heavy atom. The summed E-state index contributed by atoms with van der Waals surface area (Å²) < 4.78 is 12.2. The summed E-state index contributed by atoms with van der Waals surface area (Å²) in [6.07, 6.45) is 1.13. The molecule has 2 N–H and O–H groups in total. The summed E-state index contributed by atoms with van der Waals surface area (Å²) in [7, 11) is 1.49. The van der Waals surface area contributed by atoms with Crippen LogP contribution in [0, 0.1) is 5.82 Å². The van der Waals surface area contributed by atoms with E-state index in [1.165, 1.54) is 7.05 Å². The van der Waals surface area contributed by atoms with Crippen LogP contribution in [0.3, 0.4) is 0 Å². The molecule has 0 spiro atoms. The number of rotatable bonds is 1. The number of halogens is 1. The second kappa shape index (κ2) is 2.51. The quantitative estimate of drug-likeness (QED) is 0.589. The lowest BCUT2D eigenvalue weighted by atomic mass is 10.4. The van der Waals surface area contributed by atoms with Gasteiger partial charge in [0.05, 0.1) is 0 Å². The molecular weight excluding hydrogens is 135 g/mol. The maximum atomic E-state index is 12.2. The van der Waals surface area contributed by atoms with Crippen LogP contribution in [0.1, 0.15) is 10.5 Å². The number of carbonyl (C=O) groups is 1. The summed E-state index contributed by atoms with van der Waals surface area (Å²) in [5.74, 6) is -0.748. The lowest BCUT2D eigenvalue weighted by molar-refractivity contribution is 0.0958. The maximum absolute atomic E-state index is 12.2. The van der Waals surface area contributed by atoms with Gasteiger partial charge >= 0.3 is 0 Å². The number of hydrogen-bond donors (Lipinski definition) is 2. The molecule has 10 heavy (non-hydrogen) atoms. The van der Waals surface area contributed by atoms with Crippen molar-refractivity contribution in [3.63, 3.8) is 0 Å². The maximum Gasteiger partial charge on any atom is 0.267 e. The van der Waals surface area contributed by atoms with Gasteiger partial charge in [0.2, 0.25) is 0 Å². The van der Waals surface area contributed by atoms with Gasteiger partial charge < -0.3 is 10.3 Å². The van der Waals surface area contributed by atoms with Gasteiger partial charge in [-0.3, -0.25) is 4.79 Å². The number of carbonyl (C=O) groups excluding carboxylic acids is 1. The number of hydrogen-bond acceptors (Lipinski definition) is 1. The summed E-state index contributed by atoms with van der Waals surface area (Å²) in [5.41, 5.74) is 0.236. The van der Waals surface area contributed by atoms with Crippen LogP contribution >= 0.6 is 0 Å². The Hall–Kier alpha value is -1.32. The lowest BCUT2D eigenvalue weighted by Crippen LogP contribution is -2.17. The van der Waals surface area contributed by atoms with Crippen LogP contribution in [0.2, 0.25) is 0 Å². The highest BCUT2D eigenvalue weighted by atomic mass is 19.1. The van der Waals surface area contributed by atoms with Gasteiger partial charge in [-0.15, -0.1) is 0 Å². The Labute approximate surface area is 57.2 Å². The Bertz CT molecular complexity index is 244. The summed E-state index contributed by atoms with van der Waals surface area (Å²) in [4.78, 5) is 13.2. The lowest BCUT2D eigenvalue weighted by Gasteiger charge is -1.91. The van der Waals surface area contributed by atoms with Crippen molar-refractivity contribution in [2.75, 3.05) is 7.05 Å². The van der Waals surface area contributed by atoms with E-state index in [0.29, 0.717) is 0 Å². The number of H-pyrrole nitrogens is 1. The predicted molar refractivity (Wildman–Crippen MR) is 34.1 cm³/mol. The van der Waals surface area contributed by atoms with Gasteiger partial charge in [0, 0.05) is 19.3 Å². The van der Waals surface area contributed by atoms with E-state index in [1.807, 2.05) is 0 Å². The first-order valence-corrected chi connectivity index (χ1v) is 2.80. The zero-order valence-corrected chi connectivity index (χ0v) is 5.44. The molecule has 1 aromatic heterocycles. The molecule has 0 saturated carbocycles. The van der Waals surface area contributed by atoms with Gasteiger partial charge in [0.25, 0.3) is 5.91 Å². The average Bonchev–Trinajstić information content (AvgIpc) is 2.34. The fraction of sp³-hybridized carbons (Fsp3) is 0.167. The van der Waals surface area contributed by atoms with Gasteiger partial charge in [0.15, 0.2) is 0 Å². The number of aromatic nitrogens is 1. The van der Waals surface area contributed by atoms with Gasteiger partial charge in [-0.05, 0) is 0 Å². The van der Waals surface area contributed by atoms with Crippen LogP contribution in [-0.2, 0) is 0 Å². The average molecular weight is 142 g/mol. The van der Waals surface area contributed by atoms with Crippen molar-refractivity contribution in [1.82, 2.24) is 10.3 Å². The van der Waals surface area contributed by atoms with Crippen molar-refractivity contribution < 1.29 is 9.18 Å². The summed E-state index contributed by atoms with van der Waals surface area (Å²) in [6.45, 7) is 0. The van der Waals surface area contributed by atoms with Crippen LogP contribution in [0.4, 0.5) is 4.39 Å². The Kier molecular flexibility index (Phi) is 1.71. The molecule has 0 fully saturated rings. The van der Waals surface area contributed by atoms with Crippen molar-refractivity contribution in [3.05, 3.63) is 23.8 Å². The van der Waals surface area contributed by atoms with Crippen LogP contribution in [0.15, 0.2) is 12.3 Å². The fourth-order valence-corrected chi connectivity index (χ4v) is 0.634. The van der Waals surface area contributed by atoms with E-state index in [1.54, 1.807) is 0 Å². The summed E-state index contributed by atoms with van der Waals surface area (Å²) >= 11 is 0. The number of nitrogens with one attached hydrogen (secondary N) is 2. The molecule has 54 valence electrons. The largest absolute Gasteiger partial charge is 0.355 e. The van der Waals surface area contributed by atoms with E-state index < -0.39 is 5.82 Å². The molecule has 0 unspecified atom stereocenters. The predicted octanol–water partition coefficient (Wildman–Crippen LogP) is 0.513. The molecule has 0 aliphatic rings. The zero-order chi connectivity index (χ0) is 7.56. The summed E-state index contributed by atoms with van der Waals surface area (Å²) in [6, 6.07) is 1.14. The Morgan fingerprint density at radius 1 is 1.80 bits per heavy atom. The molecule has 0 saturated heterocycles. The molecule has 1 rings (SSSR count). The highest BCUT2D eigenvalue weighted by Crippen LogP contribution is 1.99. The minimum absolute atomic E-state index is 0.236. The van der Waals surface area contributed by atoms with Crippen LogP contribution in [0.5, 0.6) is 0 Å². The molecule has 0 aromatic carbocycles. The van der Waals surface area contributed by atoms with Crippen molar-refractivity contribution in [3.8, 4) is 0 Å². The first-order valence-electron chi connectivity index (χ1n) is 2.80. The highest BCUT2D eigenvalue weighted by molar-refractivity contribution is 5.92. The minimum Gasteiger partial charge on any atom is -0.355 e. The van der Waals surface area contributed by atoms with Gasteiger partial charge in [0.1, 0.15) is 11.5 Å². The third-order valence-electron chi connectivity index (χ3n) is 1.12. The summed E-state index contributed by atoms with van der Waals surface area (Å²) in [5, 5.41) is 2.36. The molecule has 0 aliphatic carbocycles. The van der Waals surface area contributed by atoms with Crippen LogP contribution < -0.4 is 5.32 Å². The molecule has 1 amide bonds. The van der Waals surface area contributed by atoms with Crippen LogP contribution in [-0.4, -0.2) is 17.9 Å². The van der Waals surface area contributed by atoms with E-state index in [2.05, 4.69) is 10.3 Å². The monoisotopic (exact) mass is 142 g/mol. The molecule has 3 nitrogen and oxygen atoms in total. The zero-order valence-electron chi connectivity index (χ0n) is 5.44. The first kappa shape index (κ1) is 6.80. The Morgan fingerprint density at radius 2 is 2.50 bits per heavy atom. The minimum atomic E-state index is -0.432. The first-order chi connectivity index (χ1) is 4.74. The molecule has 0 atom stereocenters. The van der Waals surface area contributed by atoms with Crippen molar-refractivity contribution in [2.24, 2.45) is 0 Å². The van der Waals surface area contributed by atoms with Crippen molar-refractivity contribution in [1.29, 1.82) is 0 Å². The van der Waals surface area contributed by atoms with E-state index in [0.717, 1.165) is 12.3 Å². The number of aromatic amines is 1. The molecule has 0 bridgehead atoms. The third kappa shape index (κ3) is 1.15. The van der Waals surface area contributed by atoms with Crippen LogP contribution in [0.25, 0.3) is 0 Å². The SMILES string of the molecule is CNC(=O)c1cc(F)c[nH]1. The second-order valence-corrected chi connectivity index (χ2v) is 1.81. The van der Waals surface area contributed by atoms with Gasteiger partial charge in [-0.1, -0.05) is 0 Å². The van der Waals surface area contributed by atoms with E-state index in [9.17, 15) is 9.18 Å². The normalized spacial score (nSPS) is 9.40. The second-order valence-electron chi connectivity index (χ2n) is 1.81. The molecule has 1 aromatic rings. The van der Waals surface area contributed by atoms with E-state index in [-0.39, 0.29) is 11.6 Å².